The summed E-state index contributed by atoms with van der Waals surface area (Å²) in [5.74, 6) is 0.254. The molecule has 0 bridgehead atoms. The number of phenols is 1. The second-order valence-corrected chi connectivity index (χ2v) is 3.87. The van der Waals surface area contributed by atoms with E-state index >= 15 is 0 Å². The van der Waals surface area contributed by atoms with Gasteiger partial charge in [0, 0.05) is 18.0 Å². The first-order valence-electron chi connectivity index (χ1n) is 5.81. The van der Waals surface area contributed by atoms with Gasteiger partial charge in [-0.15, -0.1) is 0 Å². The van der Waals surface area contributed by atoms with Gasteiger partial charge in [0.1, 0.15) is 11.5 Å². The molecule has 1 aromatic carbocycles. The zero-order valence-corrected chi connectivity index (χ0v) is 10.8. The van der Waals surface area contributed by atoms with Crippen LogP contribution in [0.25, 0.3) is 0 Å². The number of hydrogen-bond acceptors (Lipinski definition) is 5. The lowest BCUT2D eigenvalue weighted by atomic mass is 10.2. The number of hydrazone groups is 1. The first-order chi connectivity index (χ1) is 9.70. The Morgan fingerprint density at radius 3 is 3.00 bits per heavy atom. The molecular formula is C14H13N3O3. The van der Waals surface area contributed by atoms with E-state index in [1.54, 1.807) is 30.5 Å². The maximum Gasteiger partial charge on any atom is 0.272 e. The molecule has 0 atom stereocenters. The van der Waals surface area contributed by atoms with Crippen molar-refractivity contribution in [2.24, 2.45) is 5.10 Å². The molecule has 1 aromatic heterocycles. The summed E-state index contributed by atoms with van der Waals surface area (Å²) in [4.78, 5) is 15.5. The summed E-state index contributed by atoms with van der Waals surface area (Å²) in [5, 5.41) is 13.4. The predicted octanol–water partition coefficient (Wildman–Crippen LogP) is 1.56. The second kappa shape index (κ2) is 6.33. The van der Waals surface area contributed by atoms with Crippen LogP contribution in [0.3, 0.4) is 0 Å². The summed E-state index contributed by atoms with van der Waals surface area (Å²) in [5.41, 5.74) is 3.19. The molecule has 0 aliphatic carbocycles. The molecule has 0 saturated carbocycles. The molecule has 1 amide bonds. The highest BCUT2D eigenvalue weighted by atomic mass is 16.5. The van der Waals surface area contributed by atoms with Crippen molar-refractivity contribution in [3.8, 4) is 11.5 Å². The first kappa shape index (κ1) is 13.5. The van der Waals surface area contributed by atoms with Crippen molar-refractivity contribution in [3.05, 3.63) is 53.9 Å². The number of nitrogens with zero attached hydrogens (tertiary/aromatic N) is 2. The van der Waals surface area contributed by atoms with Gasteiger partial charge < -0.3 is 9.84 Å². The van der Waals surface area contributed by atoms with Gasteiger partial charge in [-0.3, -0.25) is 9.78 Å². The molecule has 0 aliphatic rings. The van der Waals surface area contributed by atoms with E-state index in [-0.39, 0.29) is 11.7 Å². The standard InChI is InChI=1S/C14H13N3O3/c1-20-12-4-5-13(18)11(7-12)9-16-17-14(19)10-3-2-6-15-8-10/h2-9,18H,1H3,(H,17,19)/b16-9-. The molecular weight excluding hydrogens is 258 g/mol. The van der Waals surface area contributed by atoms with Gasteiger partial charge >= 0.3 is 0 Å². The van der Waals surface area contributed by atoms with Crippen molar-refractivity contribution >= 4 is 12.1 Å². The number of aromatic hydroxyl groups is 1. The molecule has 0 unspecified atom stereocenters. The Balaban J connectivity index is 2.05. The van der Waals surface area contributed by atoms with E-state index in [4.69, 9.17) is 4.74 Å². The van der Waals surface area contributed by atoms with Gasteiger partial charge in [0.25, 0.3) is 5.91 Å². The SMILES string of the molecule is COc1ccc(O)c(/C=N\NC(=O)c2cccnc2)c1. The van der Waals surface area contributed by atoms with Gasteiger partial charge in [0.2, 0.25) is 0 Å². The second-order valence-electron chi connectivity index (χ2n) is 3.87. The number of pyridine rings is 1. The highest BCUT2D eigenvalue weighted by molar-refractivity contribution is 5.94. The average molecular weight is 271 g/mol. The summed E-state index contributed by atoms with van der Waals surface area (Å²) in [6.45, 7) is 0. The Hall–Kier alpha value is -2.89. The van der Waals surface area contributed by atoms with Crippen molar-refractivity contribution in [2.45, 2.75) is 0 Å². The molecule has 2 N–H and O–H groups in total. The first-order valence-corrected chi connectivity index (χ1v) is 5.81. The molecule has 0 radical (unpaired) electrons. The molecule has 2 rings (SSSR count). The molecule has 102 valence electrons. The average Bonchev–Trinajstić information content (AvgIpc) is 2.50. The molecule has 6 heteroatoms. The fourth-order valence-electron chi connectivity index (χ4n) is 1.49. The number of carbonyl (C=O) groups is 1. The lowest BCUT2D eigenvalue weighted by molar-refractivity contribution is 0.0954. The summed E-state index contributed by atoms with van der Waals surface area (Å²) in [6, 6.07) is 8.01. The van der Waals surface area contributed by atoms with Crippen LogP contribution in [0.1, 0.15) is 15.9 Å². The Morgan fingerprint density at radius 2 is 2.30 bits per heavy atom. The summed E-state index contributed by atoms with van der Waals surface area (Å²) < 4.78 is 5.04. The van der Waals surface area contributed by atoms with Crippen LogP contribution in [-0.4, -0.2) is 29.3 Å². The fraction of sp³-hybridized carbons (Fsp3) is 0.0714. The van der Waals surface area contributed by atoms with Crippen LogP contribution in [0.15, 0.2) is 47.8 Å². The number of benzene rings is 1. The molecule has 0 saturated heterocycles. The van der Waals surface area contributed by atoms with Gasteiger partial charge in [-0.2, -0.15) is 5.10 Å². The predicted molar refractivity (Wildman–Crippen MR) is 74.0 cm³/mol. The van der Waals surface area contributed by atoms with Crippen LogP contribution < -0.4 is 10.2 Å². The van der Waals surface area contributed by atoms with Crippen LogP contribution in [-0.2, 0) is 0 Å². The largest absolute Gasteiger partial charge is 0.507 e. The van der Waals surface area contributed by atoms with Crippen molar-refractivity contribution in [1.82, 2.24) is 10.4 Å². The van der Waals surface area contributed by atoms with Gasteiger partial charge in [-0.25, -0.2) is 5.43 Å². The molecule has 2 aromatic rings. The molecule has 1 heterocycles. The number of ether oxygens (including phenoxy) is 1. The van der Waals surface area contributed by atoms with E-state index in [0.29, 0.717) is 16.9 Å². The van der Waals surface area contributed by atoms with Crippen LogP contribution >= 0.6 is 0 Å². The third kappa shape index (κ3) is 3.32. The minimum atomic E-state index is -0.378. The highest BCUT2D eigenvalue weighted by Crippen LogP contribution is 2.20. The number of hydrogen-bond donors (Lipinski definition) is 2. The lowest BCUT2D eigenvalue weighted by Crippen LogP contribution is -2.17. The van der Waals surface area contributed by atoms with Gasteiger partial charge in [-0.1, -0.05) is 0 Å². The third-order valence-electron chi connectivity index (χ3n) is 2.53. The molecule has 0 spiro atoms. The van der Waals surface area contributed by atoms with E-state index in [1.807, 2.05) is 0 Å². The van der Waals surface area contributed by atoms with E-state index in [0.717, 1.165) is 0 Å². The summed E-state index contributed by atoms with van der Waals surface area (Å²) in [6.07, 6.45) is 4.36. The van der Waals surface area contributed by atoms with Crippen molar-refractivity contribution < 1.29 is 14.6 Å². The van der Waals surface area contributed by atoms with E-state index in [1.165, 1.54) is 25.6 Å². The van der Waals surface area contributed by atoms with Crippen LogP contribution in [0, 0.1) is 0 Å². The highest BCUT2D eigenvalue weighted by Gasteiger charge is 2.04. The van der Waals surface area contributed by atoms with E-state index in [9.17, 15) is 9.90 Å². The number of nitrogens with one attached hydrogen (secondary N) is 1. The smallest absolute Gasteiger partial charge is 0.272 e. The lowest BCUT2D eigenvalue weighted by Gasteiger charge is -2.03. The third-order valence-corrected chi connectivity index (χ3v) is 2.53. The van der Waals surface area contributed by atoms with Gasteiger partial charge in [0.05, 0.1) is 18.9 Å². The molecule has 0 aliphatic heterocycles. The zero-order chi connectivity index (χ0) is 14.4. The summed E-state index contributed by atoms with van der Waals surface area (Å²) >= 11 is 0. The van der Waals surface area contributed by atoms with Crippen LogP contribution in [0.4, 0.5) is 0 Å². The summed E-state index contributed by atoms with van der Waals surface area (Å²) in [7, 11) is 1.53. The van der Waals surface area contributed by atoms with E-state index in [2.05, 4.69) is 15.5 Å². The van der Waals surface area contributed by atoms with Crippen molar-refractivity contribution in [2.75, 3.05) is 7.11 Å². The fourth-order valence-corrected chi connectivity index (χ4v) is 1.49. The Morgan fingerprint density at radius 1 is 1.45 bits per heavy atom. The van der Waals surface area contributed by atoms with Crippen molar-refractivity contribution in [3.63, 3.8) is 0 Å². The molecule has 6 nitrogen and oxygen atoms in total. The monoisotopic (exact) mass is 271 g/mol. The Labute approximate surface area is 115 Å². The van der Waals surface area contributed by atoms with Crippen LogP contribution in [0.2, 0.25) is 0 Å². The number of rotatable bonds is 4. The number of amides is 1. The number of methoxy groups -OCH3 is 1. The number of carbonyl (C=O) groups excluding carboxylic acids is 1. The maximum absolute atomic E-state index is 11.7. The molecule has 0 fully saturated rings. The number of phenolic OH excluding ortho intramolecular Hbond substituents is 1. The maximum atomic E-state index is 11.7. The zero-order valence-electron chi connectivity index (χ0n) is 10.8. The van der Waals surface area contributed by atoms with Crippen LogP contribution in [0.5, 0.6) is 11.5 Å². The van der Waals surface area contributed by atoms with Crippen molar-refractivity contribution in [1.29, 1.82) is 0 Å². The number of aromatic nitrogens is 1. The van der Waals surface area contributed by atoms with Gasteiger partial charge in [-0.05, 0) is 30.3 Å². The quantitative estimate of drug-likeness (QED) is 0.653. The topological polar surface area (TPSA) is 83.8 Å². The Bertz CT molecular complexity index is 627. The van der Waals surface area contributed by atoms with E-state index < -0.39 is 0 Å². The van der Waals surface area contributed by atoms with Gasteiger partial charge in [0.15, 0.2) is 0 Å². The molecule has 20 heavy (non-hydrogen) atoms. The normalized spacial score (nSPS) is 10.4. The Kier molecular flexibility index (Phi) is 4.28. The minimum absolute atomic E-state index is 0.0465. The minimum Gasteiger partial charge on any atom is -0.507 e.